The van der Waals surface area contributed by atoms with Crippen molar-refractivity contribution in [3.63, 3.8) is 0 Å². The Balaban J connectivity index is 1.12. The van der Waals surface area contributed by atoms with Crippen LogP contribution in [0, 0.1) is 0 Å². The van der Waals surface area contributed by atoms with E-state index in [9.17, 15) is 0 Å². The van der Waals surface area contributed by atoms with Crippen LogP contribution in [0.25, 0.3) is 83.1 Å². The quantitative estimate of drug-likeness (QED) is 0.160. The van der Waals surface area contributed by atoms with E-state index in [0.717, 1.165) is 107 Å². The molecule has 1 aromatic heterocycles. The lowest BCUT2D eigenvalue weighted by Gasteiger charge is -2.47. The summed E-state index contributed by atoms with van der Waals surface area (Å²) < 4.78 is 9.83. The highest BCUT2D eigenvalue weighted by atomic mass is 16.5. The minimum absolute atomic E-state index is 0.218. The SMILES string of the molecule is CC(C)(C)c1cc2c3c(c1)-c1ccccc1Oc1ccccc1-c1cccc(-c4ccccc4)c1N3c1cc(C(C)(C)C)cc3c1B2c1ccc(-n2c4ccccc4c4ccccc42)cc1N3c1c(-c2ccccc2)cccc1-c1ccccc1. The first-order chi connectivity index (χ1) is 41.5. The summed E-state index contributed by atoms with van der Waals surface area (Å²) in [6.07, 6.45) is 0. The molecule has 0 saturated heterocycles. The second kappa shape index (κ2) is 19.2. The van der Waals surface area contributed by atoms with E-state index in [1.807, 2.05) is 0 Å². The third kappa shape index (κ3) is 7.97. The fourth-order valence-corrected chi connectivity index (χ4v) is 14.0. The number of nitrogens with zero attached hydrogens (tertiary/aromatic N) is 3. The molecule has 3 aliphatic heterocycles. The Bertz CT molecular complexity index is 4720. The van der Waals surface area contributed by atoms with Crippen LogP contribution in [0.4, 0.5) is 34.1 Å². The molecule has 0 aliphatic carbocycles. The third-order valence-corrected chi connectivity index (χ3v) is 18.1. The van der Waals surface area contributed by atoms with Crippen LogP contribution in [0.1, 0.15) is 52.7 Å². The molecule has 0 saturated carbocycles. The van der Waals surface area contributed by atoms with Gasteiger partial charge in [-0.2, -0.15) is 0 Å². The van der Waals surface area contributed by atoms with Gasteiger partial charge in [-0.3, -0.25) is 0 Å². The third-order valence-electron chi connectivity index (χ3n) is 18.1. The lowest BCUT2D eigenvalue weighted by Crippen LogP contribution is -2.62. The fourth-order valence-electron chi connectivity index (χ4n) is 14.0. The second-order valence-electron chi connectivity index (χ2n) is 25.2. The highest BCUT2D eigenvalue weighted by molar-refractivity contribution is 7.00. The molecule has 16 rings (SSSR count). The molecule has 0 bridgehead atoms. The normalized spacial score (nSPS) is 13.1. The molecule has 3 aliphatic rings. The van der Waals surface area contributed by atoms with Gasteiger partial charge in [0.1, 0.15) is 11.5 Å². The minimum atomic E-state index is -0.288. The molecule has 0 amide bonds. The van der Waals surface area contributed by atoms with Gasteiger partial charge >= 0.3 is 0 Å². The predicted octanol–water partition coefficient (Wildman–Crippen LogP) is 19.9. The number of anilines is 6. The smallest absolute Gasteiger partial charge is 0.252 e. The van der Waals surface area contributed by atoms with Crippen LogP contribution in [0.5, 0.6) is 11.5 Å². The first-order valence-corrected chi connectivity index (χ1v) is 29.9. The summed E-state index contributed by atoms with van der Waals surface area (Å²) in [6.45, 7) is 14.0. The van der Waals surface area contributed by atoms with Crippen molar-refractivity contribution in [2.24, 2.45) is 0 Å². The van der Waals surface area contributed by atoms with Crippen molar-refractivity contribution in [1.82, 2.24) is 4.57 Å². The molecule has 13 aromatic rings. The van der Waals surface area contributed by atoms with Gasteiger partial charge < -0.3 is 19.1 Å². The summed E-state index contributed by atoms with van der Waals surface area (Å²) in [5, 5.41) is 2.47. The average molecular weight is 1090 g/mol. The van der Waals surface area contributed by atoms with Crippen molar-refractivity contribution in [3.8, 4) is 72.8 Å². The highest BCUT2D eigenvalue weighted by Crippen LogP contribution is 2.57. The highest BCUT2D eigenvalue weighted by Gasteiger charge is 2.47. The predicted molar refractivity (Wildman–Crippen MR) is 359 cm³/mol. The first-order valence-electron chi connectivity index (χ1n) is 29.9. The van der Waals surface area contributed by atoms with E-state index in [1.54, 1.807) is 0 Å². The zero-order chi connectivity index (χ0) is 57.3. The Morgan fingerprint density at radius 1 is 0.318 bits per heavy atom. The topological polar surface area (TPSA) is 20.6 Å². The van der Waals surface area contributed by atoms with Gasteiger partial charge in [0.2, 0.25) is 0 Å². The second-order valence-corrected chi connectivity index (χ2v) is 25.2. The summed E-state index contributed by atoms with van der Waals surface area (Å²) in [4.78, 5) is 5.39. The molecule has 0 spiro atoms. The van der Waals surface area contributed by atoms with Crippen molar-refractivity contribution in [3.05, 3.63) is 278 Å². The standard InChI is InChI=1S/C80H62BN3O/c1-79(2,3)54-46-65-63-35-19-23-43-74(63)85-73-42-22-18-34-62(73)64-39-25-38-59(53-30-14-9-15-31-53)77(64)84-72-49-55(80(4,5)6)48-71-75(72)81(67(47-54)78(65)84)66-45-44-56(82-68-40-20-16-32-60(68)61-33-17-21-41-69(61)82)50-70(66)83(71)76-57(51-26-10-7-11-27-51)36-24-37-58(76)52-28-12-8-13-29-52/h7-50H,1-6H3. The van der Waals surface area contributed by atoms with Gasteiger partial charge in [-0.1, -0.05) is 254 Å². The van der Waals surface area contributed by atoms with Gasteiger partial charge in [-0.15, -0.1) is 0 Å². The lowest BCUT2D eigenvalue weighted by atomic mass is 9.33. The van der Waals surface area contributed by atoms with Gasteiger partial charge in [0.15, 0.2) is 0 Å². The van der Waals surface area contributed by atoms with E-state index >= 15 is 0 Å². The van der Waals surface area contributed by atoms with E-state index in [2.05, 4.69) is 323 Å². The van der Waals surface area contributed by atoms with Crippen molar-refractivity contribution in [2.75, 3.05) is 9.80 Å². The number of rotatable bonds is 5. The van der Waals surface area contributed by atoms with Crippen LogP contribution in [-0.4, -0.2) is 11.3 Å². The summed E-state index contributed by atoms with van der Waals surface area (Å²) >= 11 is 0. The molecule has 406 valence electrons. The van der Waals surface area contributed by atoms with E-state index in [-0.39, 0.29) is 17.5 Å². The molecule has 12 aromatic carbocycles. The number of ether oxygens (including phenoxy) is 1. The largest absolute Gasteiger partial charge is 0.456 e. The zero-order valence-corrected chi connectivity index (χ0v) is 48.7. The van der Waals surface area contributed by atoms with E-state index in [4.69, 9.17) is 4.74 Å². The Morgan fingerprint density at radius 2 is 0.753 bits per heavy atom. The van der Waals surface area contributed by atoms with Crippen molar-refractivity contribution < 1.29 is 4.74 Å². The fraction of sp³-hybridized carbons (Fsp3) is 0.100. The van der Waals surface area contributed by atoms with Gasteiger partial charge in [-0.25, -0.2) is 0 Å². The molecule has 0 N–H and O–H groups in total. The van der Waals surface area contributed by atoms with Crippen molar-refractivity contribution in [1.29, 1.82) is 0 Å². The minimum Gasteiger partial charge on any atom is -0.456 e. The zero-order valence-electron chi connectivity index (χ0n) is 48.7. The summed E-state index contributed by atoms with van der Waals surface area (Å²) in [5.74, 6) is 1.63. The van der Waals surface area contributed by atoms with Gasteiger partial charge in [0.05, 0.1) is 22.4 Å². The maximum atomic E-state index is 7.34. The van der Waals surface area contributed by atoms with Gasteiger partial charge in [0, 0.05) is 78.2 Å². The monoisotopic (exact) mass is 1090 g/mol. The number of aromatic nitrogens is 1. The molecular weight excluding hydrogens is 1030 g/mol. The molecule has 0 unspecified atom stereocenters. The van der Waals surface area contributed by atoms with Crippen LogP contribution in [0.15, 0.2) is 267 Å². The van der Waals surface area contributed by atoms with Crippen LogP contribution in [0.3, 0.4) is 0 Å². The molecule has 0 fully saturated rings. The molecule has 4 heterocycles. The number of hydrogen-bond donors (Lipinski definition) is 0. The number of hydrogen-bond acceptors (Lipinski definition) is 3. The lowest BCUT2D eigenvalue weighted by molar-refractivity contribution is 0.486. The first kappa shape index (κ1) is 50.6. The molecular formula is C80H62BN3O. The summed E-state index contributed by atoms with van der Waals surface area (Å²) in [6, 6.07) is 99.5. The van der Waals surface area contributed by atoms with Crippen LogP contribution in [-0.2, 0) is 10.8 Å². The van der Waals surface area contributed by atoms with Gasteiger partial charge in [0.25, 0.3) is 6.71 Å². The summed E-state index contributed by atoms with van der Waals surface area (Å²) in [7, 11) is 0. The van der Waals surface area contributed by atoms with Crippen LogP contribution >= 0.6 is 0 Å². The average Bonchev–Trinajstić information content (AvgIpc) is 1.09. The molecule has 4 nitrogen and oxygen atoms in total. The summed E-state index contributed by atoms with van der Waals surface area (Å²) in [5.41, 5.74) is 27.2. The number of para-hydroxylation sites is 6. The van der Waals surface area contributed by atoms with Crippen LogP contribution in [0.2, 0.25) is 0 Å². The molecule has 85 heavy (non-hydrogen) atoms. The van der Waals surface area contributed by atoms with Crippen molar-refractivity contribution >= 4 is 79.0 Å². The Hall–Kier alpha value is -10.1. The molecule has 0 radical (unpaired) electrons. The van der Waals surface area contributed by atoms with Crippen LogP contribution < -0.4 is 30.9 Å². The Morgan fingerprint density at radius 3 is 1.29 bits per heavy atom. The number of fused-ring (bicyclic) bond motifs is 13. The molecule has 0 atom stereocenters. The van der Waals surface area contributed by atoms with E-state index in [1.165, 1.54) is 49.3 Å². The molecule has 5 heteroatoms. The number of benzene rings is 12. The maximum Gasteiger partial charge on any atom is 0.252 e. The van der Waals surface area contributed by atoms with Crippen molar-refractivity contribution in [2.45, 2.75) is 52.4 Å². The Kier molecular flexibility index (Phi) is 11.5. The van der Waals surface area contributed by atoms with E-state index < -0.39 is 0 Å². The van der Waals surface area contributed by atoms with E-state index in [0.29, 0.717) is 0 Å². The van der Waals surface area contributed by atoms with Gasteiger partial charge in [-0.05, 0) is 110 Å². The maximum absolute atomic E-state index is 7.34. The Labute approximate surface area is 498 Å².